The summed E-state index contributed by atoms with van der Waals surface area (Å²) in [5, 5.41) is 3.02. The lowest BCUT2D eigenvalue weighted by atomic mass is 9.92. The Morgan fingerprint density at radius 1 is 1.42 bits per heavy atom. The average Bonchev–Trinajstić information content (AvgIpc) is 2.39. The zero-order chi connectivity index (χ0) is 14.3. The maximum atomic E-state index is 12.1. The summed E-state index contributed by atoms with van der Waals surface area (Å²) in [6.45, 7) is 8.42. The highest BCUT2D eigenvalue weighted by Gasteiger charge is 2.27. The SMILES string of the molecule is COCCN(C)CCNC(=O)N1CCC[C@H](C)[C@@H]1C. The predicted molar refractivity (Wildman–Crippen MR) is 77.3 cm³/mol. The van der Waals surface area contributed by atoms with E-state index < -0.39 is 0 Å². The first-order chi connectivity index (χ1) is 9.06. The van der Waals surface area contributed by atoms with Crippen molar-refractivity contribution in [2.75, 3.05) is 46.9 Å². The molecule has 1 saturated heterocycles. The van der Waals surface area contributed by atoms with Crippen LogP contribution in [0.15, 0.2) is 0 Å². The van der Waals surface area contributed by atoms with Crippen molar-refractivity contribution in [3.05, 3.63) is 0 Å². The number of nitrogens with one attached hydrogen (secondary N) is 1. The second kappa shape index (κ2) is 8.38. The Balaban J connectivity index is 2.23. The number of hydrogen-bond acceptors (Lipinski definition) is 3. The van der Waals surface area contributed by atoms with Crippen molar-refractivity contribution in [2.45, 2.75) is 32.7 Å². The average molecular weight is 271 g/mol. The minimum Gasteiger partial charge on any atom is -0.383 e. The van der Waals surface area contributed by atoms with E-state index in [1.54, 1.807) is 7.11 Å². The summed E-state index contributed by atoms with van der Waals surface area (Å²) in [4.78, 5) is 16.3. The number of methoxy groups -OCH3 is 1. The largest absolute Gasteiger partial charge is 0.383 e. The molecule has 0 saturated carbocycles. The van der Waals surface area contributed by atoms with E-state index in [9.17, 15) is 4.79 Å². The van der Waals surface area contributed by atoms with Crippen molar-refractivity contribution in [2.24, 2.45) is 5.92 Å². The minimum absolute atomic E-state index is 0.0826. The number of ether oxygens (including phenoxy) is 1. The van der Waals surface area contributed by atoms with Gasteiger partial charge in [0.2, 0.25) is 0 Å². The standard InChI is InChI=1S/C14H29N3O2/c1-12-6-5-8-17(13(12)2)14(18)15-7-9-16(3)10-11-19-4/h12-13H,5-11H2,1-4H3,(H,15,18)/t12-,13-/m0/s1. The topological polar surface area (TPSA) is 44.8 Å². The summed E-state index contributed by atoms with van der Waals surface area (Å²) in [6.07, 6.45) is 2.34. The normalized spacial score (nSPS) is 23.7. The molecule has 5 heteroatoms. The summed E-state index contributed by atoms with van der Waals surface area (Å²) in [6, 6.07) is 0.430. The van der Waals surface area contributed by atoms with Crippen LogP contribution in [0.3, 0.4) is 0 Å². The van der Waals surface area contributed by atoms with Crippen LogP contribution in [0.5, 0.6) is 0 Å². The highest BCUT2D eigenvalue weighted by atomic mass is 16.5. The summed E-state index contributed by atoms with van der Waals surface area (Å²) < 4.78 is 5.02. The van der Waals surface area contributed by atoms with Gasteiger partial charge in [-0.1, -0.05) is 6.92 Å². The molecule has 112 valence electrons. The zero-order valence-corrected chi connectivity index (χ0v) is 12.8. The third-order valence-corrected chi connectivity index (χ3v) is 4.08. The fourth-order valence-corrected chi connectivity index (χ4v) is 2.44. The van der Waals surface area contributed by atoms with Crippen molar-refractivity contribution in [1.82, 2.24) is 15.1 Å². The number of piperidine rings is 1. The van der Waals surface area contributed by atoms with E-state index in [1.165, 1.54) is 6.42 Å². The molecule has 5 nitrogen and oxygen atoms in total. The first kappa shape index (κ1) is 16.2. The molecule has 1 aliphatic rings. The fourth-order valence-electron chi connectivity index (χ4n) is 2.44. The Kier molecular flexibility index (Phi) is 7.16. The molecule has 0 aliphatic carbocycles. The number of rotatable bonds is 6. The number of likely N-dealkylation sites (N-methyl/N-ethyl adjacent to an activating group) is 1. The molecule has 0 aromatic rings. The molecule has 2 amide bonds. The van der Waals surface area contributed by atoms with Gasteiger partial charge in [-0.15, -0.1) is 0 Å². The van der Waals surface area contributed by atoms with Crippen LogP contribution in [0, 0.1) is 5.92 Å². The maximum Gasteiger partial charge on any atom is 0.317 e. The Morgan fingerprint density at radius 3 is 2.84 bits per heavy atom. The highest BCUT2D eigenvalue weighted by Crippen LogP contribution is 2.22. The smallest absolute Gasteiger partial charge is 0.317 e. The van der Waals surface area contributed by atoms with Gasteiger partial charge in [0.1, 0.15) is 0 Å². The summed E-state index contributed by atoms with van der Waals surface area (Å²) in [5.41, 5.74) is 0. The van der Waals surface area contributed by atoms with Gasteiger partial charge in [0, 0.05) is 39.3 Å². The first-order valence-electron chi connectivity index (χ1n) is 7.28. The molecule has 1 heterocycles. The fraction of sp³-hybridized carbons (Fsp3) is 0.929. The lowest BCUT2D eigenvalue weighted by molar-refractivity contribution is 0.127. The molecular formula is C14H29N3O2. The number of amides is 2. The lowest BCUT2D eigenvalue weighted by Crippen LogP contribution is -2.51. The summed E-state index contributed by atoms with van der Waals surface area (Å²) in [5.74, 6) is 0.601. The van der Waals surface area contributed by atoms with Crippen LogP contribution in [-0.4, -0.2) is 68.8 Å². The Morgan fingerprint density at radius 2 is 2.16 bits per heavy atom. The number of carbonyl (C=O) groups excluding carboxylic acids is 1. The van der Waals surface area contributed by atoms with Gasteiger partial charge < -0.3 is 19.9 Å². The van der Waals surface area contributed by atoms with Crippen LogP contribution in [0.2, 0.25) is 0 Å². The van der Waals surface area contributed by atoms with Gasteiger partial charge in [0.05, 0.1) is 6.61 Å². The Bertz CT molecular complexity index is 273. The minimum atomic E-state index is 0.0826. The van der Waals surface area contributed by atoms with Crippen molar-refractivity contribution in [3.63, 3.8) is 0 Å². The van der Waals surface area contributed by atoms with E-state index in [0.29, 0.717) is 18.5 Å². The van der Waals surface area contributed by atoms with Crippen molar-refractivity contribution >= 4 is 6.03 Å². The zero-order valence-electron chi connectivity index (χ0n) is 12.8. The monoisotopic (exact) mass is 271 g/mol. The molecule has 0 bridgehead atoms. The van der Waals surface area contributed by atoms with E-state index in [4.69, 9.17) is 4.74 Å². The molecule has 0 radical (unpaired) electrons. The summed E-state index contributed by atoms with van der Waals surface area (Å²) in [7, 11) is 3.74. The third kappa shape index (κ3) is 5.37. The van der Waals surface area contributed by atoms with E-state index >= 15 is 0 Å². The van der Waals surface area contributed by atoms with Crippen LogP contribution in [0.1, 0.15) is 26.7 Å². The summed E-state index contributed by atoms with van der Waals surface area (Å²) >= 11 is 0. The van der Waals surface area contributed by atoms with Crippen molar-refractivity contribution in [1.29, 1.82) is 0 Å². The molecule has 1 fully saturated rings. The number of hydrogen-bond donors (Lipinski definition) is 1. The Hall–Kier alpha value is -0.810. The molecule has 19 heavy (non-hydrogen) atoms. The van der Waals surface area contributed by atoms with Crippen LogP contribution in [0.25, 0.3) is 0 Å². The molecular weight excluding hydrogens is 242 g/mol. The van der Waals surface area contributed by atoms with Gasteiger partial charge in [-0.2, -0.15) is 0 Å². The number of urea groups is 1. The second-order valence-corrected chi connectivity index (χ2v) is 5.58. The predicted octanol–water partition coefficient (Wildman–Crippen LogP) is 1.39. The molecule has 0 aromatic carbocycles. The van der Waals surface area contributed by atoms with Crippen LogP contribution >= 0.6 is 0 Å². The van der Waals surface area contributed by atoms with Gasteiger partial charge in [0.25, 0.3) is 0 Å². The van der Waals surface area contributed by atoms with Gasteiger partial charge in [-0.25, -0.2) is 4.79 Å². The van der Waals surface area contributed by atoms with Crippen LogP contribution in [0.4, 0.5) is 4.79 Å². The Labute approximate surface area is 117 Å². The lowest BCUT2D eigenvalue weighted by Gasteiger charge is -2.37. The second-order valence-electron chi connectivity index (χ2n) is 5.58. The van der Waals surface area contributed by atoms with Crippen LogP contribution in [-0.2, 0) is 4.74 Å². The molecule has 2 atom stereocenters. The maximum absolute atomic E-state index is 12.1. The van der Waals surface area contributed by atoms with E-state index in [1.807, 2.05) is 11.9 Å². The van der Waals surface area contributed by atoms with Gasteiger partial charge >= 0.3 is 6.03 Å². The number of nitrogens with zero attached hydrogens (tertiary/aromatic N) is 2. The molecule has 1 rings (SSSR count). The van der Waals surface area contributed by atoms with E-state index in [0.717, 1.165) is 32.7 Å². The number of likely N-dealkylation sites (tertiary alicyclic amines) is 1. The van der Waals surface area contributed by atoms with Crippen molar-refractivity contribution < 1.29 is 9.53 Å². The molecule has 0 aromatic heterocycles. The van der Waals surface area contributed by atoms with E-state index in [2.05, 4.69) is 24.1 Å². The van der Waals surface area contributed by atoms with E-state index in [-0.39, 0.29) is 6.03 Å². The quantitative estimate of drug-likeness (QED) is 0.794. The van der Waals surface area contributed by atoms with Crippen LogP contribution < -0.4 is 5.32 Å². The molecule has 1 N–H and O–H groups in total. The van der Waals surface area contributed by atoms with Crippen molar-refractivity contribution in [3.8, 4) is 0 Å². The first-order valence-corrected chi connectivity index (χ1v) is 7.28. The van der Waals surface area contributed by atoms with Gasteiger partial charge in [0.15, 0.2) is 0 Å². The number of carbonyl (C=O) groups is 1. The van der Waals surface area contributed by atoms with Gasteiger partial charge in [-0.05, 0) is 32.7 Å². The molecule has 0 unspecified atom stereocenters. The molecule has 1 aliphatic heterocycles. The third-order valence-electron chi connectivity index (χ3n) is 4.08. The highest BCUT2D eigenvalue weighted by molar-refractivity contribution is 5.74. The van der Waals surface area contributed by atoms with Gasteiger partial charge in [-0.3, -0.25) is 0 Å². The molecule has 0 spiro atoms.